The van der Waals surface area contributed by atoms with E-state index in [0.29, 0.717) is 0 Å². The summed E-state index contributed by atoms with van der Waals surface area (Å²) in [5.74, 6) is -2.93. The van der Waals surface area contributed by atoms with Crippen LogP contribution in [0.15, 0.2) is 42.5 Å². The Balaban J connectivity index is 1.62. The van der Waals surface area contributed by atoms with E-state index in [2.05, 4.69) is 10.6 Å². The molecule has 1 saturated carbocycles. The molecule has 0 aromatic heterocycles. The summed E-state index contributed by atoms with van der Waals surface area (Å²) < 4.78 is 67.9. The monoisotopic (exact) mass is 453 g/mol. The molecule has 1 aliphatic carbocycles. The molecule has 168 valence electrons. The van der Waals surface area contributed by atoms with E-state index in [-0.39, 0.29) is 24.0 Å². The van der Waals surface area contributed by atoms with E-state index in [4.69, 9.17) is 0 Å². The van der Waals surface area contributed by atoms with Gasteiger partial charge in [0.2, 0.25) is 0 Å². The van der Waals surface area contributed by atoms with Crippen LogP contribution in [0.2, 0.25) is 0 Å². The van der Waals surface area contributed by atoms with Gasteiger partial charge in [-0.15, -0.1) is 0 Å². The van der Waals surface area contributed by atoms with Gasteiger partial charge in [-0.1, -0.05) is 24.3 Å². The minimum Gasteiger partial charge on any atom is -0.349 e. The molecule has 6 nitrogen and oxygen atoms in total. The summed E-state index contributed by atoms with van der Waals surface area (Å²) in [6.07, 6.45) is -4.58. The number of hydrogen-bond acceptors (Lipinski definition) is 3. The van der Waals surface area contributed by atoms with Crippen LogP contribution in [0.4, 0.5) is 26.7 Å². The minimum absolute atomic E-state index is 0.00608. The Morgan fingerprint density at radius 3 is 2.25 bits per heavy atom. The molecule has 2 aromatic rings. The first-order valence-electron chi connectivity index (χ1n) is 9.54. The third-order valence-electron chi connectivity index (χ3n) is 5.67. The van der Waals surface area contributed by atoms with Crippen molar-refractivity contribution in [1.29, 1.82) is 0 Å². The lowest BCUT2D eigenvalue weighted by molar-refractivity contribution is -0.137. The molecule has 1 atom stereocenters. The molecule has 2 aromatic carbocycles. The molecule has 11 heteroatoms. The largest absolute Gasteiger partial charge is 0.416 e. The summed E-state index contributed by atoms with van der Waals surface area (Å²) in [7, 11) is 0. The zero-order chi connectivity index (χ0) is 23.3. The number of urea groups is 1. The van der Waals surface area contributed by atoms with Gasteiger partial charge in [-0.3, -0.25) is 14.9 Å². The zero-order valence-corrected chi connectivity index (χ0v) is 16.3. The van der Waals surface area contributed by atoms with Gasteiger partial charge in [0.1, 0.15) is 11.5 Å². The standard InChI is InChI=1S/C21H16F5N3O3/c22-14-3-1-2-13(11-4-6-12(7-5-11)21(24,25)26)15(14)16(30)27-10-20(19(23)8-9-19)17(31)28-18(32)29-20/h1-7H,8-10H2,(H,27,30)(H2,28,29,31,32). The maximum absolute atomic E-state index is 14.9. The minimum atomic E-state index is -4.56. The summed E-state index contributed by atoms with van der Waals surface area (Å²) in [4.78, 5) is 36.7. The summed E-state index contributed by atoms with van der Waals surface area (Å²) in [6, 6.07) is 6.50. The van der Waals surface area contributed by atoms with Gasteiger partial charge >= 0.3 is 12.2 Å². The fraction of sp³-hybridized carbons (Fsp3) is 0.286. The SMILES string of the molecule is O=C1NC(=O)C(CNC(=O)c2c(F)cccc2-c2ccc(C(F)(F)F)cc2)(C2(F)CC2)N1. The van der Waals surface area contributed by atoms with Crippen molar-refractivity contribution in [2.45, 2.75) is 30.2 Å². The Hall–Kier alpha value is -3.50. The summed E-state index contributed by atoms with van der Waals surface area (Å²) >= 11 is 0. The molecule has 32 heavy (non-hydrogen) atoms. The number of hydrogen-bond donors (Lipinski definition) is 3. The first-order valence-corrected chi connectivity index (χ1v) is 9.54. The lowest BCUT2D eigenvalue weighted by Gasteiger charge is -2.30. The quantitative estimate of drug-likeness (QED) is 0.480. The van der Waals surface area contributed by atoms with Gasteiger partial charge in [0.15, 0.2) is 5.54 Å². The number of alkyl halides is 4. The lowest BCUT2D eigenvalue weighted by atomic mass is 9.90. The molecule has 3 N–H and O–H groups in total. The third kappa shape index (κ3) is 3.57. The summed E-state index contributed by atoms with van der Waals surface area (Å²) in [5.41, 5.74) is -5.33. The van der Waals surface area contributed by atoms with Gasteiger partial charge in [-0.25, -0.2) is 13.6 Å². The molecule has 2 fully saturated rings. The van der Waals surface area contributed by atoms with E-state index in [1.54, 1.807) is 0 Å². The highest BCUT2D eigenvalue weighted by Gasteiger charge is 2.68. The van der Waals surface area contributed by atoms with Crippen molar-refractivity contribution >= 4 is 17.8 Å². The normalized spacial score (nSPS) is 21.7. The van der Waals surface area contributed by atoms with Crippen molar-refractivity contribution in [3.05, 3.63) is 59.4 Å². The number of amides is 4. The lowest BCUT2D eigenvalue weighted by Crippen LogP contribution is -2.62. The highest BCUT2D eigenvalue weighted by atomic mass is 19.4. The molecule has 0 radical (unpaired) electrons. The van der Waals surface area contributed by atoms with E-state index < -0.39 is 58.7 Å². The number of nitrogens with one attached hydrogen (secondary N) is 3. The zero-order valence-electron chi connectivity index (χ0n) is 16.3. The Labute approximate surface area is 178 Å². The second-order valence-corrected chi connectivity index (χ2v) is 7.70. The van der Waals surface area contributed by atoms with E-state index >= 15 is 0 Å². The third-order valence-corrected chi connectivity index (χ3v) is 5.67. The fourth-order valence-electron chi connectivity index (χ4n) is 3.76. The first kappa shape index (κ1) is 21.7. The average molecular weight is 453 g/mol. The van der Waals surface area contributed by atoms with E-state index in [1.165, 1.54) is 12.1 Å². The van der Waals surface area contributed by atoms with Gasteiger partial charge in [0, 0.05) is 0 Å². The molecule has 0 bridgehead atoms. The van der Waals surface area contributed by atoms with E-state index in [9.17, 15) is 36.3 Å². The number of benzene rings is 2. The summed E-state index contributed by atoms with van der Waals surface area (Å²) in [6.45, 7) is -0.638. The van der Waals surface area contributed by atoms with Crippen LogP contribution in [0.3, 0.4) is 0 Å². The fourth-order valence-corrected chi connectivity index (χ4v) is 3.76. The number of carbonyl (C=O) groups excluding carboxylic acids is 3. The molecule has 2 aliphatic rings. The van der Waals surface area contributed by atoms with Crippen LogP contribution in [0.5, 0.6) is 0 Å². The van der Waals surface area contributed by atoms with E-state index in [1.807, 2.05) is 5.32 Å². The highest BCUT2D eigenvalue weighted by Crippen LogP contribution is 2.49. The number of halogens is 5. The molecule has 4 rings (SSSR count). The van der Waals surface area contributed by atoms with Crippen LogP contribution in [-0.4, -0.2) is 35.6 Å². The van der Waals surface area contributed by atoms with Crippen LogP contribution < -0.4 is 16.0 Å². The van der Waals surface area contributed by atoms with Crippen LogP contribution in [-0.2, 0) is 11.0 Å². The maximum Gasteiger partial charge on any atom is 0.416 e. The molecular formula is C21H16F5N3O3. The number of imide groups is 1. The van der Waals surface area contributed by atoms with Crippen molar-refractivity contribution in [1.82, 2.24) is 16.0 Å². The molecule has 0 spiro atoms. The molecule has 1 aliphatic heterocycles. The van der Waals surface area contributed by atoms with Gasteiger partial charge < -0.3 is 10.6 Å². The Morgan fingerprint density at radius 1 is 1.06 bits per heavy atom. The highest BCUT2D eigenvalue weighted by molar-refractivity contribution is 6.09. The van der Waals surface area contributed by atoms with Crippen LogP contribution in [0, 0.1) is 5.82 Å². The molecular weight excluding hydrogens is 437 g/mol. The van der Waals surface area contributed by atoms with Crippen LogP contribution in [0.25, 0.3) is 11.1 Å². The predicted octanol–water partition coefficient (Wildman–Crippen LogP) is 3.32. The molecule has 4 amide bonds. The van der Waals surface area contributed by atoms with E-state index in [0.717, 1.165) is 30.3 Å². The van der Waals surface area contributed by atoms with Crippen LogP contribution in [0.1, 0.15) is 28.8 Å². The first-order chi connectivity index (χ1) is 15.0. The molecule has 1 unspecified atom stereocenters. The van der Waals surface area contributed by atoms with Gasteiger partial charge in [0.25, 0.3) is 11.8 Å². The van der Waals surface area contributed by atoms with Gasteiger partial charge in [0.05, 0.1) is 17.7 Å². The topological polar surface area (TPSA) is 87.3 Å². The van der Waals surface area contributed by atoms with Gasteiger partial charge in [-0.05, 0) is 42.2 Å². The van der Waals surface area contributed by atoms with Crippen molar-refractivity contribution in [2.75, 3.05) is 6.54 Å². The molecule has 1 saturated heterocycles. The second-order valence-electron chi connectivity index (χ2n) is 7.70. The van der Waals surface area contributed by atoms with Crippen molar-refractivity contribution in [2.24, 2.45) is 0 Å². The van der Waals surface area contributed by atoms with Gasteiger partial charge in [-0.2, -0.15) is 13.2 Å². The summed E-state index contributed by atoms with van der Waals surface area (Å²) in [5, 5.41) is 6.45. The predicted molar refractivity (Wildman–Crippen MR) is 102 cm³/mol. The Bertz CT molecular complexity index is 1110. The molecule has 1 heterocycles. The maximum atomic E-state index is 14.9. The van der Waals surface area contributed by atoms with Crippen molar-refractivity contribution in [3.63, 3.8) is 0 Å². The van der Waals surface area contributed by atoms with Crippen molar-refractivity contribution < 1.29 is 36.3 Å². The second kappa shape index (κ2) is 7.28. The Kier molecular flexibility index (Phi) is 4.94. The average Bonchev–Trinajstić information content (AvgIpc) is 3.41. The number of carbonyl (C=O) groups is 3. The number of rotatable bonds is 5. The van der Waals surface area contributed by atoms with Crippen LogP contribution >= 0.6 is 0 Å². The smallest absolute Gasteiger partial charge is 0.349 e. The Morgan fingerprint density at radius 2 is 1.72 bits per heavy atom. The van der Waals surface area contributed by atoms with Crippen molar-refractivity contribution in [3.8, 4) is 11.1 Å².